The lowest BCUT2D eigenvalue weighted by atomic mass is 10.1. The van der Waals surface area contributed by atoms with Crippen molar-refractivity contribution in [2.45, 2.75) is 25.8 Å². The van der Waals surface area contributed by atoms with Gasteiger partial charge >= 0.3 is 5.97 Å². The minimum Gasteiger partial charge on any atom is -0.462 e. The molecule has 1 aliphatic rings. The molecule has 1 aromatic carbocycles. The highest BCUT2D eigenvalue weighted by molar-refractivity contribution is 7.99. The second kappa shape index (κ2) is 6.69. The number of hydrogen-bond donors (Lipinski definition) is 1. The lowest BCUT2D eigenvalue weighted by Crippen LogP contribution is -2.24. The Labute approximate surface area is 112 Å². The van der Waals surface area contributed by atoms with E-state index in [0.717, 1.165) is 5.69 Å². The van der Waals surface area contributed by atoms with E-state index in [1.807, 2.05) is 43.0 Å². The van der Waals surface area contributed by atoms with Crippen LogP contribution in [0.2, 0.25) is 0 Å². The van der Waals surface area contributed by atoms with E-state index in [9.17, 15) is 4.79 Å². The van der Waals surface area contributed by atoms with E-state index in [4.69, 9.17) is 4.74 Å². The average Bonchev–Trinajstić information content (AvgIpc) is 2.41. The molecule has 4 heteroatoms. The normalized spacial score (nSPS) is 16.3. The van der Waals surface area contributed by atoms with Crippen LogP contribution in [0.1, 0.15) is 30.1 Å². The zero-order chi connectivity index (χ0) is 12.8. The monoisotopic (exact) mass is 265 g/mol. The van der Waals surface area contributed by atoms with Gasteiger partial charge in [0, 0.05) is 11.7 Å². The van der Waals surface area contributed by atoms with E-state index in [-0.39, 0.29) is 5.97 Å². The molecule has 0 unspecified atom stereocenters. The molecule has 1 aromatic rings. The van der Waals surface area contributed by atoms with Gasteiger partial charge in [-0.15, -0.1) is 0 Å². The van der Waals surface area contributed by atoms with Crippen molar-refractivity contribution in [3.05, 3.63) is 29.8 Å². The Bertz CT molecular complexity index is 385. The number of anilines is 1. The summed E-state index contributed by atoms with van der Waals surface area (Å²) in [5, 5.41) is 3.51. The van der Waals surface area contributed by atoms with Crippen LogP contribution < -0.4 is 5.32 Å². The van der Waals surface area contributed by atoms with Gasteiger partial charge in [-0.2, -0.15) is 11.8 Å². The average molecular weight is 265 g/mol. The predicted molar refractivity (Wildman–Crippen MR) is 76.4 cm³/mol. The molecule has 0 atom stereocenters. The van der Waals surface area contributed by atoms with Crippen molar-refractivity contribution in [1.29, 1.82) is 0 Å². The first kappa shape index (κ1) is 13.3. The fourth-order valence-electron chi connectivity index (χ4n) is 1.99. The van der Waals surface area contributed by atoms with Gasteiger partial charge in [0.05, 0.1) is 12.2 Å². The molecular weight excluding hydrogens is 246 g/mol. The summed E-state index contributed by atoms with van der Waals surface area (Å²) in [7, 11) is 0. The molecule has 0 spiro atoms. The number of hydrogen-bond acceptors (Lipinski definition) is 4. The molecule has 0 bridgehead atoms. The summed E-state index contributed by atoms with van der Waals surface area (Å²) in [6.07, 6.45) is 2.43. The SMILES string of the molecule is CCOC(=O)c1ccc(NC2CCSCC2)cc1. The maximum absolute atomic E-state index is 11.5. The van der Waals surface area contributed by atoms with Crippen molar-refractivity contribution in [3.63, 3.8) is 0 Å². The molecule has 0 amide bonds. The van der Waals surface area contributed by atoms with Crippen molar-refractivity contribution in [2.24, 2.45) is 0 Å². The summed E-state index contributed by atoms with van der Waals surface area (Å²) in [4.78, 5) is 11.5. The molecule has 3 nitrogen and oxygen atoms in total. The van der Waals surface area contributed by atoms with Crippen LogP contribution in [-0.4, -0.2) is 30.1 Å². The Hall–Kier alpha value is -1.16. The number of thioether (sulfide) groups is 1. The molecule has 2 rings (SSSR count). The number of nitrogens with one attached hydrogen (secondary N) is 1. The van der Waals surface area contributed by atoms with E-state index in [2.05, 4.69) is 5.32 Å². The minimum atomic E-state index is -0.252. The zero-order valence-electron chi connectivity index (χ0n) is 10.6. The van der Waals surface area contributed by atoms with Crippen molar-refractivity contribution in [3.8, 4) is 0 Å². The third kappa shape index (κ3) is 3.67. The number of rotatable bonds is 4. The molecule has 1 N–H and O–H groups in total. The number of carbonyl (C=O) groups is 1. The van der Waals surface area contributed by atoms with Gasteiger partial charge in [0.1, 0.15) is 0 Å². The Morgan fingerprint density at radius 3 is 2.61 bits per heavy atom. The molecule has 1 fully saturated rings. The first-order valence-corrected chi connectivity index (χ1v) is 7.56. The van der Waals surface area contributed by atoms with Gasteiger partial charge in [0.15, 0.2) is 0 Å². The van der Waals surface area contributed by atoms with Crippen molar-refractivity contribution in [2.75, 3.05) is 23.4 Å². The summed E-state index contributed by atoms with van der Waals surface area (Å²) >= 11 is 2.02. The predicted octanol–water partition coefficient (Wildman–Crippen LogP) is 3.17. The summed E-state index contributed by atoms with van der Waals surface area (Å²) in [6.45, 7) is 2.23. The molecule has 18 heavy (non-hydrogen) atoms. The summed E-state index contributed by atoms with van der Waals surface area (Å²) in [6, 6.07) is 8.11. The Balaban J connectivity index is 1.92. The van der Waals surface area contributed by atoms with Crippen LogP contribution in [0, 0.1) is 0 Å². The summed E-state index contributed by atoms with van der Waals surface area (Å²) in [5.74, 6) is 2.22. The van der Waals surface area contributed by atoms with E-state index in [1.54, 1.807) is 0 Å². The maximum Gasteiger partial charge on any atom is 0.338 e. The number of ether oxygens (including phenoxy) is 1. The van der Waals surface area contributed by atoms with E-state index < -0.39 is 0 Å². The van der Waals surface area contributed by atoms with Crippen molar-refractivity contribution < 1.29 is 9.53 Å². The fourth-order valence-corrected chi connectivity index (χ4v) is 3.10. The van der Waals surface area contributed by atoms with E-state index in [1.165, 1.54) is 24.3 Å². The first-order valence-electron chi connectivity index (χ1n) is 6.41. The van der Waals surface area contributed by atoms with E-state index in [0.29, 0.717) is 18.2 Å². The standard InChI is InChI=1S/C14H19NO2S/c1-2-17-14(16)11-3-5-12(6-4-11)15-13-7-9-18-10-8-13/h3-6,13,15H,2,7-10H2,1H3. The Morgan fingerprint density at radius 1 is 1.33 bits per heavy atom. The highest BCUT2D eigenvalue weighted by Crippen LogP contribution is 2.21. The lowest BCUT2D eigenvalue weighted by molar-refractivity contribution is 0.0526. The van der Waals surface area contributed by atoms with Crippen LogP contribution in [-0.2, 0) is 4.74 Å². The first-order chi connectivity index (χ1) is 8.79. The third-order valence-corrected chi connectivity index (χ3v) is 4.04. The molecule has 0 radical (unpaired) electrons. The van der Waals surface area contributed by atoms with Gasteiger partial charge in [0.25, 0.3) is 0 Å². The Kier molecular flexibility index (Phi) is 4.93. The summed E-state index contributed by atoms with van der Waals surface area (Å²) in [5.41, 5.74) is 1.70. The third-order valence-electron chi connectivity index (χ3n) is 2.99. The fraction of sp³-hybridized carbons (Fsp3) is 0.500. The number of benzene rings is 1. The zero-order valence-corrected chi connectivity index (χ0v) is 11.5. The molecule has 1 saturated heterocycles. The van der Waals surface area contributed by atoms with E-state index >= 15 is 0 Å². The smallest absolute Gasteiger partial charge is 0.338 e. The molecule has 0 saturated carbocycles. The Morgan fingerprint density at radius 2 is 2.00 bits per heavy atom. The van der Waals surface area contributed by atoms with Crippen LogP contribution in [0.5, 0.6) is 0 Å². The molecule has 98 valence electrons. The van der Waals surface area contributed by atoms with Gasteiger partial charge in [-0.1, -0.05) is 0 Å². The molecule has 1 aliphatic heterocycles. The van der Waals surface area contributed by atoms with Crippen LogP contribution in [0.4, 0.5) is 5.69 Å². The van der Waals surface area contributed by atoms with Crippen molar-refractivity contribution in [1.82, 2.24) is 0 Å². The number of esters is 1. The van der Waals surface area contributed by atoms with Gasteiger partial charge < -0.3 is 10.1 Å². The van der Waals surface area contributed by atoms with Gasteiger partial charge in [-0.3, -0.25) is 0 Å². The quantitative estimate of drug-likeness (QED) is 0.849. The second-order valence-electron chi connectivity index (χ2n) is 4.33. The topological polar surface area (TPSA) is 38.3 Å². The summed E-state index contributed by atoms with van der Waals surface area (Å²) < 4.78 is 4.96. The number of carbonyl (C=O) groups excluding carboxylic acids is 1. The second-order valence-corrected chi connectivity index (χ2v) is 5.55. The van der Waals surface area contributed by atoms with Crippen LogP contribution in [0.15, 0.2) is 24.3 Å². The van der Waals surface area contributed by atoms with Gasteiger partial charge in [-0.25, -0.2) is 4.79 Å². The highest BCUT2D eigenvalue weighted by atomic mass is 32.2. The lowest BCUT2D eigenvalue weighted by Gasteiger charge is -2.23. The van der Waals surface area contributed by atoms with Crippen molar-refractivity contribution >= 4 is 23.4 Å². The largest absolute Gasteiger partial charge is 0.462 e. The molecular formula is C14H19NO2S. The molecule has 0 aromatic heterocycles. The van der Waals surface area contributed by atoms with Crippen LogP contribution in [0.25, 0.3) is 0 Å². The minimum absolute atomic E-state index is 0.252. The van der Waals surface area contributed by atoms with Gasteiger partial charge in [0.2, 0.25) is 0 Å². The maximum atomic E-state index is 11.5. The van der Waals surface area contributed by atoms with Crippen LogP contribution >= 0.6 is 11.8 Å². The highest BCUT2D eigenvalue weighted by Gasteiger charge is 2.13. The molecule has 0 aliphatic carbocycles. The molecule has 1 heterocycles. The van der Waals surface area contributed by atoms with Crippen LogP contribution in [0.3, 0.4) is 0 Å². The van der Waals surface area contributed by atoms with Gasteiger partial charge in [-0.05, 0) is 55.5 Å².